The summed E-state index contributed by atoms with van der Waals surface area (Å²) in [4.78, 5) is 32.6. The Hall–Kier alpha value is -1.34. The molecule has 116 valence electrons. The molecular weight excluding hydrogens is 290 g/mol. The predicted octanol–water partition coefficient (Wildman–Crippen LogP) is 1.18. The number of aliphatic hydroxyl groups is 1. The first-order valence-corrected chi connectivity index (χ1v) is 8.37. The number of carbonyl (C=O) groups is 1. The van der Waals surface area contributed by atoms with Crippen molar-refractivity contribution in [1.82, 2.24) is 14.9 Å². The van der Waals surface area contributed by atoms with Crippen molar-refractivity contribution >= 4 is 17.7 Å². The van der Waals surface area contributed by atoms with Crippen LogP contribution in [0.2, 0.25) is 0 Å². The highest BCUT2D eigenvalue weighted by molar-refractivity contribution is 7.98. The minimum Gasteiger partial charge on any atom is -0.396 e. The summed E-state index contributed by atoms with van der Waals surface area (Å²) in [6.07, 6.45) is 5.50. The molecule has 21 heavy (non-hydrogen) atoms. The number of rotatable bonds is 6. The van der Waals surface area contributed by atoms with Crippen LogP contribution < -0.4 is 5.69 Å². The van der Waals surface area contributed by atoms with Crippen LogP contribution in [-0.4, -0.2) is 51.3 Å². The molecule has 1 aliphatic rings. The molecule has 0 bridgehead atoms. The molecule has 2 N–H and O–H groups in total. The van der Waals surface area contributed by atoms with Gasteiger partial charge in [-0.25, -0.2) is 4.79 Å². The maximum atomic E-state index is 12.9. The van der Waals surface area contributed by atoms with E-state index in [2.05, 4.69) is 9.97 Å². The SMILES string of the molecule is CSc1nc(=O)[nH]c(C)c1C(=O)N(CCCO)C1CCC1. The molecule has 1 heterocycles. The van der Waals surface area contributed by atoms with Crippen LogP contribution in [0.5, 0.6) is 0 Å². The molecule has 0 radical (unpaired) electrons. The fourth-order valence-corrected chi connectivity index (χ4v) is 3.11. The lowest BCUT2D eigenvalue weighted by Crippen LogP contribution is -2.45. The maximum Gasteiger partial charge on any atom is 0.346 e. The Morgan fingerprint density at radius 2 is 2.24 bits per heavy atom. The van der Waals surface area contributed by atoms with E-state index in [0.29, 0.717) is 29.2 Å². The Bertz CT molecular complexity index is 569. The molecule has 0 atom stereocenters. The number of carbonyl (C=O) groups excluding carboxylic acids is 1. The minimum absolute atomic E-state index is 0.0642. The van der Waals surface area contributed by atoms with Crippen molar-refractivity contribution in [3.8, 4) is 0 Å². The van der Waals surface area contributed by atoms with Crippen LogP contribution in [0.25, 0.3) is 0 Å². The van der Waals surface area contributed by atoms with Crippen LogP contribution in [-0.2, 0) is 0 Å². The van der Waals surface area contributed by atoms with E-state index in [4.69, 9.17) is 5.11 Å². The van der Waals surface area contributed by atoms with Crippen molar-refractivity contribution in [2.75, 3.05) is 19.4 Å². The van der Waals surface area contributed by atoms with Crippen LogP contribution in [0.15, 0.2) is 9.82 Å². The highest BCUT2D eigenvalue weighted by atomic mass is 32.2. The summed E-state index contributed by atoms with van der Waals surface area (Å²) in [5, 5.41) is 9.50. The quantitative estimate of drug-likeness (QED) is 0.608. The number of aromatic nitrogens is 2. The Kier molecular flexibility index (Phi) is 5.41. The van der Waals surface area contributed by atoms with Crippen LogP contribution in [0, 0.1) is 6.92 Å². The monoisotopic (exact) mass is 311 g/mol. The minimum atomic E-state index is -0.432. The highest BCUT2D eigenvalue weighted by Crippen LogP contribution is 2.28. The standard InChI is InChI=1S/C14H21N3O3S/c1-9-11(12(21-2)16-14(20)15-9)13(19)17(7-4-8-18)10-5-3-6-10/h10,18H,3-8H2,1-2H3,(H,15,16,20). The van der Waals surface area contributed by atoms with Gasteiger partial charge in [-0.05, 0) is 38.9 Å². The molecule has 1 saturated carbocycles. The first-order chi connectivity index (χ1) is 10.1. The zero-order chi connectivity index (χ0) is 15.4. The number of hydrogen-bond donors (Lipinski definition) is 2. The highest BCUT2D eigenvalue weighted by Gasteiger charge is 2.31. The molecule has 1 aliphatic carbocycles. The van der Waals surface area contributed by atoms with Crippen LogP contribution >= 0.6 is 11.8 Å². The zero-order valence-corrected chi connectivity index (χ0v) is 13.2. The average Bonchev–Trinajstić information content (AvgIpc) is 2.39. The lowest BCUT2D eigenvalue weighted by molar-refractivity contribution is 0.0556. The van der Waals surface area contributed by atoms with Crippen molar-refractivity contribution in [2.24, 2.45) is 0 Å². The van der Waals surface area contributed by atoms with Crippen molar-refractivity contribution in [3.63, 3.8) is 0 Å². The van der Waals surface area contributed by atoms with Gasteiger partial charge in [0.25, 0.3) is 5.91 Å². The van der Waals surface area contributed by atoms with E-state index >= 15 is 0 Å². The third-order valence-corrected chi connectivity index (χ3v) is 4.51. The summed E-state index contributed by atoms with van der Waals surface area (Å²) in [6.45, 7) is 2.32. The number of nitrogens with zero attached hydrogens (tertiary/aromatic N) is 2. The second-order valence-electron chi connectivity index (χ2n) is 5.21. The molecule has 7 heteroatoms. The Balaban J connectivity index is 2.33. The van der Waals surface area contributed by atoms with Gasteiger partial charge in [0, 0.05) is 24.9 Å². The molecule has 2 rings (SSSR count). The Labute approximate surface area is 128 Å². The summed E-state index contributed by atoms with van der Waals surface area (Å²) in [6, 6.07) is 0.241. The van der Waals surface area contributed by atoms with Crippen molar-refractivity contribution < 1.29 is 9.90 Å². The van der Waals surface area contributed by atoms with Gasteiger partial charge in [0.05, 0.1) is 5.56 Å². The second kappa shape index (κ2) is 7.09. The van der Waals surface area contributed by atoms with Gasteiger partial charge in [0.15, 0.2) is 0 Å². The van der Waals surface area contributed by atoms with E-state index in [1.54, 1.807) is 13.2 Å². The fraction of sp³-hybridized carbons (Fsp3) is 0.643. The van der Waals surface area contributed by atoms with Gasteiger partial charge in [-0.2, -0.15) is 4.98 Å². The lowest BCUT2D eigenvalue weighted by Gasteiger charge is -2.38. The number of aryl methyl sites for hydroxylation is 1. The van der Waals surface area contributed by atoms with E-state index in [1.165, 1.54) is 11.8 Å². The Morgan fingerprint density at radius 1 is 1.52 bits per heavy atom. The molecule has 0 spiro atoms. The van der Waals surface area contributed by atoms with E-state index in [1.807, 2.05) is 4.90 Å². The number of aromatic amines is 1. The third kappa shape index (κ3) is 3.47. The molecule has 6 nitrogen and oxygen atoms in total. The number of nitrogens with one attached hydrogen (secondary N) is 1. The van der Waals surface area contributed by atoms with E-state index in [9.17, 15) is 9.59 Å². The van der Waals surface area contributed by atoms with Crippen LogP contribution in [0.3, 0.4) is 0 Å². The third-order valence-electron chi connectivity index (χ3n) is 3.83. The lowest BCUT2D eigenvalue weighted by atomic mass is 9.90. The zero-order valence-electron chi connectivity index (χ0n) is 12.4. The predicted molar refractivity (Wildman–Crippen MR) is 81.8 cm³/mol. The number of hydrogen-bond acceptors (Lipinski definition) is 5. The molecule has 1 aromatic heterocycles. The average molecular weight is 311 g/mol. The second-order valence-corrected chi connectivity index (χ2v) is 6.01. The summed E-state index contributed by atoms with van der Waals surface area (Å²) in [5.74, 6) is -0.0984. The van der Waals surface area contributed by atoms with Crippen molar-refractivity contribution in [2.45, 2.75) is 43.7 Å². The first kappa shape index (κ1) is 16.0. The number of amides is 1. The molecule has 0 aliphatic heterocycles. The van der Waals surface area contributed by atoms with Gasteiger partial charge in [0.1, 0.15) is 5.03 Å². The molecule has 0 saturated heterocycles. The topological polar surface area (TPSA) is 86.3 Å². The largest absolute Gasteiger partial charge is 0.396 e. The molecule has 1 fully saturated rings. The van der Waals surface area contributed by atoms with Crippen molar-refractivity contribution in [3.05, 3.63) is 21.7 Å². The van der Waals surface area contributed by atoms with E-state index in [-0.39, 0.29) is 18.6 Å². The smallest absolute Gasteiger partial charge is 0.346 e. The molecular formula is C14H21N3O3S. The summed E-state index contributed by atoms with van der Waals surface area (Å²) < 4.78 is 0. The first-order valence-electron chi connectivity index (χ1n) is 7.15. The fourth-order valence-electron chi connectivity index (χ4n) is 2.49. The number of thioether (sulfide) groups is 1. The summed E-state index contributed by atoms with van der Waals surface area (Å²) >= 11 is 1.30. The van der Waals surface area contributed by atoms with Crippen LogP contribution in [0.1, 0.15) is 41.7 Å². The van der Waals surface area contributed by atoms with E-state index in [0.717, 1.165) is 19.3 Å². The molecule has 1 amide bonds. The van der Waals surface area contributed by atoms with Gasteiger partial charge in [-0.15, -0.1) is 11.8 Å². The summed E-state index contributed by atoms with van der Waals surface area (Å²) in [5.41, 5.74) is 0.601. The van der Waals surface area contributed by atoms with Crippen molar-refractivity contribution in [1.29, 1.82) is 0 Å². The number of H-pyrrole nitrogens is 1. The van der Waals surface area contributed by atoms with Gasteiger partial charge < -0.3 is 15.0 Å². The molecule has 0 aromatic carbocycles. The van der Waals surface area contributed by atoms with Gasteiger partial charge in [0.2, 0.25) is 0 Å². The normalized spacial score (nSPS) is 14.8. The van der Waals surface area contributed by atoms with Gasteiger partial charge in [-0.3, -0.25) is 4.79 Å². The molecule has 0 unspecified atom stereocenters. The van der Waals surface area contributed by atoms with Gasteiger partial charge in [-0.1, -0.05) is 0 Å². The maximum absolute atomic E-state index is 12.9. The van der Waals surface area contributed by atoms with Gasteiger partial charge >= 0.3 is 5.69 Å². The molecule has 1 aromatic rings. The van der Waals surface area contributed by atoms with E-state index < -0.39 is 5.69 Å². The number of aliphatic hydroxyl groups excluding tert-OH is 1. The van der Waals surface area contributed by atoms with Crippen LogP contribution in [0.4, 0.5) is 0 Å². The Morgan fingerprint density at radius 3 is 2.76 bits per heavy atom. The summed E-state index contributed by atoms with van der Waals surface area (Å²) in [7, 11) is 0.